The molecule has 9 unspecified atom stereocenters. The predicted octanol–water partition coefficient (Wildman–Crippen LogP) is 6.28. The van der Waals surface area contributed by atoms with Crippen LogP contribution in [0, 0.1) is 0 Å². The van der Waals surface area contributed by atoms with Crippen LogP contribution >= 0.6 is 0 Å². The zero-order valence-corrected chi connectivity index (χ0v) is 34.0. The van der Waals surface area contributed by atoms with Gasteiger partial charge in [0, 0.05) is 0 Å². The minimum absolute atomic E-state index is 0.239. The van der Waals surface area contributed by atoms with Crippen molar-refractivity contribution in [2.24, 2.45) is 0 Å². The van der Waals surface area contributed by atoms with E-state index in [-0.39, 0.29) is 12.8 Å². The van der Waals surface area contributed by atoms with Crippen LogP contribution in [-0.4, -0.2) is 110 Å². The van der Waals surface area contributed by atoms with Crippen LogP contribution in [0.3, 0.4) is 0 Å². The van der Waals surface area contributed by atoms with Crippen molar-refractivity contribution in [1.29, 1.82) is 0 Å². The maximum atomic E-state index is 13.0. The van der Waals surface area contributed by atoms with Crippen LogP contribution in [0.15, 0.2) is 24.3 Å². The van der Waals surface area contributed by atoms with Gasteiger partial charge in [0.05, 0.1) is 25.4 Å². The van der Waals surface area contributed by atoms with Gasteiger partial charge in [-0.1, -0.05) is 141 Å². The first kappa shape index (κ1) is 50.6. The average molecular weight is 772 g/mol. The Morgan fingerprint density at radius 2 is 1.11 bits per heavy atom. The molecule has 0 aliphatic carbocycles. The highest BCUT2D eigenvalue weighted by molar-refractivity contribution is 5.80. The highest BCUT2D eigenvalue weighted by atomic mass is 16.7. The van der Waals surface area contributed by atoms with Gasteiger partial charge in [0.15, 0.2) is 6.29 Å². The summed E-state index contributed by atoms with van der Waals surface area (Å²) in [6, 6.07) is -1.18. The van der Waals surface area contributed by atoms with Gasteiger partial charge in [-0.3, -0.25) is 4.79 Å². The predicted molar refractivity (Wildman–Crippen MR) is 215 cm³/mol. The number of rotatable bonds is 35. The van der Waals surface area contributed by atoms with E-state index in [0.29, 0.717) is 12.8 Å². The van der Waals surface area contributed by atoms with E-state index in [2.05, 4.69) is 43.5 Å². The molecule has 11 nitrogen and oxygen atoms in total. The Balaban J connectivity index is 2.51. The van der Waals surface area contributed by atoms with E-state index in [0.717, 1.165) is 51.4 Å². The maximum Gasteiger partial charge on any atom is 0.249 e. The molecule has 318 valence electrons. The monoisotopic (exact) mass is 772 g/mol. The van der Waals surface area contributed by atoms with Crippen molar-refractivity contribution in [3.63, 3.8) is 0 Å². The van der Waals surface area contributed by atoms with E-state index in [1.165, 1.54) is 83.5 Å². The average Bonchev–Trinajstić information content (AvgIpc) is 3.17. The van der Waals surface area contributed by atoms with Gasteiger partial charge in [-0.05, 0) is 57.8 Å². The molecule has 0 radical (unpaired) electrons. The lowest BCUT2D eigenvalue weighted by Crippen LogP contribution is -2.60. The van der Waals surface area contributed by atoms with Gasteiger partial charge in [-0.15, -0.1) is 0 Å². The molecule has 9 atom stereocenters. The number of allylic oxidation sites excluding steroid dienone is 4. The van der Waals surface area contributed by atoms with Gasteiger partial charge in [0.2, 0.25) is 5.91 Å². The Morgan fingerprint density at radius 3 is 1.65 bits per heavy atom. The molecule has 11 heteroatoms. The highest BCUT2D eigenvalue weighted by Gasteiger charge is 2.44. The third-order valence-electron chi connectivity index (χ3n) is 10.5. The van der Waals surface area contributed by atoms with E-state index < -0.39 is 74.2 Å². The fourth-order valence-corrected chi connectivity index (χ4v) is 6.77. The first-order chi connectivity index (χ1) is 26.2. The van der Waals surface area contributed by atoms with Crippen molar-refractivity contribution in [2.45, 2.75) is 229 Å². The zero-order chi connectivity index (χ0) is 39.8. The SMILES string of the molecule is CCCC/C=C\CCCCCCC(O)C(=O)NC(COC1OC(CO)C(O)C(O)C1O)C(O)C(O)CCC/C=C/CCCCCCCCCCCCCC. The number of aliphatic hydroxyl groups is 7. The Bertz CT molecular complexity index is 934. The molecule has 1 aliphatic heterocycles. The van der Waals surface area contributed by atoms with E-state index in [4.69, 9.17) is 9.47 Å². The Hall–Kier alpha value is -1.41. The molecule has 0 spiro atoms. The lowest BCUT2D eigenvalue weighted by Gasteiger charge is -2.40. The first-order valence-electron chi connectivity index (χ1n) is 21.7. The van der Waals surface area contributed by atoms with Crippen LogP contribution in [0.5, 0.6) is 0 Å². The second-order valence-corrected chi connectivity index (χ2v) is 15.4. The summed E-state index contributed by atoms with van der Waals surface area (Å²) in [7, 11) is 0. The Morgan fingerprint density at radius 1 is 0.630 bits per heavy atom. The second-order valence-electron chi connectivity index (χ2n) is 15.4. The minimum Gasteiger partial charge on any atom is -0.394 e. The smallest absolute Gasteiger partial charge is 0.249 e. The molecule has 0 aromatic rings. The van der Waals surface area contributed by atoms with E-state index in [1.807, 2.05) is 0 Å². The summed E-state index contributed by atoms with van der Waals surface area (Å²) in [6.07, 6.45) is 23.9. The normalized spacial score (nSPS) is 22.9. The number of hydrogen-bond acceptors (Lipinski definition) is 10. The second kappa shape index (κ2) is 33.7. The van der Waals surface area contributed by atoms with Gasteiger partial charge < -0.3 is 50.5 Å². The summed E-state index contributed by atoms with van der Waals surface area (Å²) in [4.78, 5) is 13.0. The number of amides is 1. The summed E-state index contributed by atoms with van der Waals surface area (Å²) in [5.41, 5.74) is 0. The molecule has 1 rings (SSSR count). The molecule has 0 saturated carbocycles. The van der Waals surface area contributed by atoms with Crippen LogP contribution in [0.25, 0.3) is 0 Å². The van der Waals surface area contributed by atoms with Gasteiger partial charge in [0.25, 0.3) is 0 Å². The topological polar surface area (TPSA) is 189 Å². The highest BCUT2D eigenvalue weighted by Crippen LogP contribution is 2.23. The van der Waals surface area contributed by atoms with Crippen LogP contribution in [-0.2, 0) is 14.3 Å². The Labute approximate surface area is 327 Å². The third kappa shape index (κ3) is 23.6. The van der Waals surface area contributed by atoms with Crippen molar-refractivity contribution in [1.82, 2.24) is 5.32 Å². The number of hydrogen-bond donors (Lipinski definition) is 8. The lowest BCUT2D eigenvalue weighted by atomic mass is 9.98. The number of carbonyl (C=O) groups excluding carboxylic acids is 1. The maximum absolute atomic E-state index is 13.0. The largest absolute Gasteiger partial charge is 0.394 e. The van der Waals surface area contributed by atoms with Crippen LogP contribution < -0.4 is 5.32 Å². The first-order valence-corrected chi connectivity index (χ1v) is 21.7. The standard InChI is InChI=1S/C43H81NO10/c1-3-5-7-9-11-13-15-16-17-18-19-20-21-23-24-26-28-30-35(46)38(48)34(33-53-43-41(51)40(50)39(49)37(32-45)54-43)44-42(52)36(47)31-29-27-25-22-14-12-10-8-6-4-2/h10,12,23-24,34-41,43,45-51H,3-9,11,13-22,25-33H2,1-2H3,(H,44,52)/b12-10-,24-23+. The molecule has 8 N–H and O–H groups in total. The summed E-state index contributed by atoms with van der Waals surface area (Å²) < 4.78 is 11.0. The molecule has 0 aromatic carbocycles. The van der Waals surface area contributed by atoms with Crippen molar-refractivity contribution in [2.75, 3.05) is 13.2 Å². The lowest BCUT2D eigenvalue weighted by molar-refractivity contribution is -0.303. The summed E-state index contributed by atoms with van der Waals surface area (Å²) in [5, 5.41) is 75.3. The van der Waals surface area contributed by atoms with Crippen LogP contribution in [0.4, 0.5) is 0 Å². The Kier molecular flexibility index (Phi) is 31.6. The minimum atomic E-state index is -1.67. The van der Waals surface area contributed by atoms with Crippen molar-refractivity contribution >= 4 is 5.91 Å². The quantitative estimate of drug-likeness (QED) is 0.0269. The fourth-order valence-electron chi connectivity index (χ4n) is 6.77. The number of aliphatic hydroxyl groups excluding tert-OH is 7. The number of unbranched alkanes of at least 4 members (excludes halogenated alkanes) is 19. The molecule has 1 heterocycles. The van der Waals surface area contributed by atoms with Crippen LogP contribution in [0.2, 0.25) is 0 Å². The van der Waals surface area contributed by atoms with E-state index in [1.54, 1.807) is 0 Å². The summed E-state index contributed by atoms with van der Waals surface area (Å²) in [6.45, 7) is 3.35. The molecule has 1 amide bonds. The molecule has 0 bridgehead atoms. The van der Waals surface area contributed by atoms with Gasteiger partial charge in [-0.25, -0.2) is 0 Å². The number of nitrogens with one attached hydrogen (secondary N) is 1. The van der Waals surface area contributed by atoms with Gasteiger partial charge in [0.1, 0.15) is 36.6 Å². The summed E-state index contributed by atoms with van der Waals surface area (Å²) >= 11 is 0. The molecule has 1 saturated heterocycles. The molecule has 1 aliphatic rings. The summed E-state index contributed by atoms with van der Waals surface area (Å²) in [5.74, 6) is -0.719. The fraction of sp³-hybridized carbons (Fsp3) is 0.884. The third-order valence-corrected chi connectivity index (χ3v) is 10.5. The van der Waals surface area contributed by atoms with Gasteiger partial charge in [-0.2, -0.15) is 0 Å². The van der Waals surface area contributed by atoms with Crippen molar-refractivity contribution < 1.29 is 50.0 Å². The number of carbonyl (C=O) groups is 1. The molecule has 0 aromatic heterocycles. The molecular formula is C43H81NO10. The molecule has 54 heavy (non-hydrogen) atoms. The van der Waals surface area contributed by atoms with E-state index >= 15 is 0 Å². The number of ether oxygens (including phenoxy) is 2. The molecule has 1 fully saturated rings. The van der Waals surface area contributed by atoms with Crippen molar-refractivity contribution in [3.05, 3.63) is 24.3 Å². The van der Waals surface area contributed by atoms with Crippen molar-refractivity contribution in [3.8, 4) is 0 Å². The molecular weight excluding hydrogens is 690 g/mol. The van der Waals surface area contributed by atoms with Crippen LogP contribution in [0.1, 0.15) is 174 Å². The van der Waals surface area contributed by atoms with Gasteiger partial charge >= 0.3 is 0 Å². The zero-order valence-electron chi connectivity index (χ0n) is 34.0. The van der Waals surface area contributed by atoms with E-state index in [9.17, 15) is 40.5 Å².